The Kier molecular flexibility index (Phi) is 9.40. The number of benzene rings is 1. The van der Waals surface area contributed by atoms with Crippen molar-refractivity contribution in [3.05, 3.63) is 24.3 Å². The lowest BCUT2D eigenvalue weighted by molar-refractivity contribution is -0.136. The van der Waals surface area contributed by atoms with Crippen LogP contribution in [0.4, 0.5) is 10.5 Å². The fourth-order valence-corrected chi connectivity index (χ4v) is 3.27. The third kappa shape index (κ3) is 6.91. The van der Waals surface area contributed by atoms with E-state index in [4.69, 9.17) is 9.47 Å². The number of hydrogen-bond donors (Lipinski definition) is 1. The maximum absolute atomic E-state index is 12.8. The SMILES string of the molecule is CCCN(CC(=O)Nc1ccccc1OC)C(=O)CN1CCN(C(=O)OCC)CC1. The maximum atomic E-state index is 12.8. The van der Waals surface area contributed by atoms with Gasteiger partial charge in [-0.25, -0.2) is 4.79 Å². The molecule has 0 unspecified atom stereocenters. The number of piperazine rings is 1. The third-order valence-electron chi connectivity index (χ3n) is 4.82. The lowest BCUT2D eigenvalue weighted by Crippen LogP contribution is -2.52. The van der Waals surface area contributed by atoms with E-state index in [2.05, 4.69) is 5.32 Å². The van der Waals surface area contributed by atoms with Gasteiger partial charge in [-0.15, -0.1) is 0 Å². The summed E-state index contributed by atoms with van der Waals surface area (Å²) in [5.74, 6) is 0.198. The number of ether oxygens (including phenoxy) is 2. The molecule has 166 valence electrons. The summed E-state index contributed by atoms with van der Waals surface area (Å²) in [7, 11) is 1.54. The van der Waals surface area contributed by atoms with Gasteiger partial charge in [0.1, 0.15) is 5.75 Å². The molecule has 0 radical (unpaired) electrons. The lowest BCUT2D eigenvalue weighted by atomic mass is 10.2. The van der Waals surface area contributed by atoms with Gasteiger partial charge in [-0.05, 0) is 25.5 Å². The van der Waals surface area contributed by atoms with Crippen LogP contribution in [0.25, 0.3) is 0 Å². The lowest BCUT2D eigenvalue weighted by Gasteiger charge is -2.34. The summed E-state index contributed by atoms with van der Waals surface area (Å²) < 4.78 is 10.3. The van der Waals surface area contributed by atoms with Crippen LogP contribution in [0.2, 0.25) is 0 Å². The molecule has 0 bridgehead atoms. The Hall–Kier alpha value is -2.81. The summed E-state index contributed by atoms with van der Waals surface area (Å²) in [6.07, 6.45) is 0.439. The highest BCUT2D eigenvalue weighted by molar-refractivity contribution is 5.95. The van der Waals surface area contributed by atoms with Gasteiger partial charge in [0.2, 0.25) is 11.8 Å². The maximum Gasteiger partial charge on any atom is 0.409 e. The second-order valence-corrected chi connectivity index (χ2v) is 7.03. The summed E-state index contributed by atoms with van der Waals surface area (Å²) in [4.78, 5) is 42.3. The molecule has 1 saturated heterocycles. The summed E-state index contributed by atoms with van der Waals surface area (Å²) in [6.45, 7) is 7.03. The molecule has 1 N–H and O–H groups in total. The topological polar surface area (TPSA) is 91.4 Å². The van der Waals surface area contributed by atoms with Crippen molar-refractivity contribution in [2.75, 3.05) is 64.8 Å². The molecule has 0 spiro atoms. The van der Waals surface area contributed by atoms with Crippen LogP contribution in [0.15, 0.2) is 24.3 Å². The molecular formula is C21H32N4O5. The molecular weight excluding hydrogens is 388 g/mol. The van der Waals surface area contributed by atoms with E-state index in [0.29, 0.717) is 50.8 Å². The molecule has 1 fully saturated rings. The minimum atomic E-state index is -0.316. The van der Waals surface area contributed by atoms with Crippen LogP contribution in [0.3, 0.4) is 0 Å². The molecule has 3 amide bonds. The van der Waals surface area contributed by atoms with Crippen molar-refractivity contribution < 1.29 is 23.9 Å². The average Bonchev–Trinajstić information content (AvgIpc) is 2.74. The van der Waals surface area contributed by atoms with E-state index in [0.717, 1.165) is 6.42 Å². The number of carbonyl (C=O) groups excluding carboxylic acids is 3. The van der Waals surface area contributed by atoms with Crippen molar-refractivity contribution in [2.24, 2.45) is 0 Å². The Bertz CT molecular complexity index is 719. The van der Waals surface area contributed by atoms with Crippen LogP contribution < -0.4 is 10.1 Å². The molecule has 1 aliphatic rings. The monoisotopic (exact) mass is 420 g/mol. The van der Waals surface area contributed by atoms with Crippen molar-refractivity contribution in [1.29, 1.82) is 0 Å². The van der Waals surface area contributed by atoms with Gasteiger partial charge >= 0.3 is 6.09 Å². The molecule has 1 aliphatic heterocycles. The number of anilines is 1. The highest BCUT2D eigenvalue weighted by Crippen LogP contribution is 2.22. The standard InChI is InChI=1S/C21H32N4O5/c1-4-10-25(15-19(26)22-17-8-6-7-9-18(17)29-3)20(27)16-23-11-13-24(14-12-23)21(28)30-5-2/h6-9H,4-5,10-16H2,1-3H3,(H,22,26). The Labute approximate surface area is 177 Å². The molecule has 1 aromatic rings. The zero-order valence-corrected chi connectivity index (χ0v) is 18.1. The van der Waals surface area contributed by atoms with E-state index >= 15 is 0 Å². The summed E-state index contributed by atoms with van der Waals surface area (Å²) >= 11 is 0. The zero-order valence-electron chi connectivity index (χ0n) is 18.1. The van der Waals surface area contributed by atoms with Gasteiger partial charge in [0.05, 0.1) is 32.5 Å². The Morgan fingerprint density at radius 3 is 2.43 bits per heavy atom. The molecule has 30 heavy (non-hydrogen) atoms. The number of rotatable bonds is 9. The molecule has 1 aromatic carbocycles. The molecule has 1 heterocycles. The normalized spacial score (nSPS) is 14.2. The fourth-order valence-electron chi connectivity index (χ4n) is 3.27. The van der Waals surface area contributed by atoms with Crippen LogP contribution in [-0.4, -0.2) is 92.1 Å². The van der Waals surface area contributed by atoms with E-state index in [9.17, 15) is 14.4 Å². The number of para-hydroxylation sites is 2. The second-order valence-electron chi connectivity index (χ2n) is 7.03. The number of nitrogens with one attached hydrogen (secondary N) is 1. The van der Waals surface area contributed by atoms with Crippen molar-refractivity contribution in [3.63, 3.8) is 0 Å². The van der Waals surface area contributed by atoms with Crippen LogP contribution >= 0.6 is 0 Å². The van der Waals surface area contributed by atoms with Gasteiger partial charge in [0, 0.05) is 32.7 Å². The molecule has 2 rings (SSSR count). The van der Waals surface area contributed by atoms with Crippen molar-refractivity contribution in [3.8, 4) is 5.75 Å². The molecule has 0 aliphatic carbocycles. The highest BCUT2D eigenvalue weighted by Gasteiger charge is 2.25. The number of methoxy groups -OCH3 is 1. The van der Waals surface area contributed by atoms with Crippen molar-refractivity contribution >= 4 is 23.6 Å². The minimum Gasteiger partial charge on any atom is -0.495 e. The largest absolute Gasteiger partial charge is 0.495 e. The molecule has 0 aromatic heterocycles. The van der Waals surface area contributed by atoms with E-state index in [-0.39, 0.29) is 31.0 Å². The Balaban J connectivity index is 1.87. The number of amides is 3. The van der Waals surface area contributed by atoms with Gasteiger partial charge < -0.3 is 24.6 Å². The van der Waals surface area contributed by atoms with Crippen LogP contribution in [0.1, 0.15) is 20.3 Å². The summed E-state index contributed by atoms with van der Waals surface area (Å²) in [5.41, 5.74) is 0.573. The fraction of sp³-hybridized carbons (Fsp3) is 0.571. The summed E-state index contributed by atoms with van der Waals surface area (Å²) in [6, 6.07) is 7.15. The average molecular weight is 421 g/mol. The smallest absolute Gasteiger partial charge is 0.409 e. The number of hydrogen-bond acceptors (Lipinski definition) is 6. The van der Waals surface area contributed by atoms with Gasteiger partial charge in [-0.2, -0.15) is 0 Å². The number of nitrogens with zero attached hydrogens (tertiary/aromatic N) is 3. The first-order chi connectivity index (χ1) is 14.5. The van der Waals surface area contributed by atoms with Gasteiger partial charge in [-0.1, -0.05) is 19.1 Å². The van der Waals surface area contributed by atoms with Gasteiger partial charge in [0.25, 0.3) is 0 Å². The van der Waals surface area contributed by atoms with Crippen LogP contribution in [-0.2, 0) is 14.3 Å². The van der Waals surface area contributed by atoms with Crippen molar-refractivity contribution in [1.82, 2.24) is 14.7 Å². The van der Waals surface area contributed by atoms with Crippen LogP contribution in [0, 0.1) is 0 Å². The first kappa shape index (κ1) is 23.5. The first-order valence-corrected chi connectivity index (χ1v) is 10.3. The second kappa shape index (κ2) is 12.0. The van der Waals surface area contributed by atoms with E-state index < -0.39 is 0 Å². The number of carbonyl (C=O) groups is 3. The summed E-state index contributed by atoms with van der Waals surface area (Å²) in [5, 5.41) is 2.81. The zero-order chi connectivity index (χ0) is 21.9. The van der Waals surface area contributed by atoms with Gasteiger partial charge in [0.15, 0.2) is 0 Å². The first-order valence-electron chi connectivity index (χ1n) is 10.3. The quantitative estimate of drug-likeness (QED) is 0.653. The van der Waals surface area contributed by atoms with Gasteiger partial charge in [-0.3, -0.25) is 14.5 Å². The van der Waals surface area contributed by atoms with Crippen molar-refractivity contribution in [2.45, 2.75) is 20.3 Å². The predicted molar refractivity (Wildman–Crippen MR) is 114 cm³/mol. The molecule has 0 atom stereocenters. The van der Waals surface area contributed by atoms with E-state index in [1.54, 1.807) is 36.0 Å². The minimum absolute atomic E-state index is 0.0203. The Morgan fingerprint density at radius 1 is 1.10 bits per heavy atom. The highest BCUT2D eigenvalue weighted by atomic mass is 16.6. The molecule has 0 saturated carbocycles. The van der Waals surface area contributed by atoms with E-state index in [1.807, 2.05) is 24.0 Å². The molecule has 9 nitrogen and oxygen atoms in total. The Morgan fingerprint density at radius 2 is 1.80 bits per heavy atom. The predicted octanol–water partition coefficient (Wildman–Crippen LogP) is 1.65. The van der Waals surface area contributed by atoms with E-state index in [1.165, 1.54) is 0 Å². The van der Waals surface area contributed by atoms with Crippen LogP contribution in [0.5, 0.6) is 5.75 Å². The third-order valence-corrected chi connectivity index (χ3v) is 4.82. The molecule has 9 heteroatoms.